The Balaban J connectivity index is 2.12. The first-order chi connectivity index (χ1) is 10.6. The number of carboxylic acids is 1. The molecule has 1 aromatic heterocycles. The summed E-state index contributed by atoms with van der Waals surface area (Å²) in [5, 5.41) is 9.22. The van der Waals surface area contributed by atoms with E-state index in [1.165, 1.54) is 0 Å². The molecular formula is C16H24N2O5. The van der Waals surface area contributed by atoms with Gasteiger partial charge in [-0.2, -0.15) is 0 Å². The molecule has 1 saturated heterocycles. The van der Waals surface area contributed by atoms with E-state index in [4.69, 9.17) is 9.15 Å². The summed E-state index contributed by atoms with van der Waals surface area (Å²) in [4.78, 5) is 29.3. The van der Waals surface area contributed by atoms with Crippen molar-refractivity contribution < 1.29 is 23.8 Å². The molecule has 7 heteroatoms. The lowest BCUT2D eigenvalue weighted by atomic mass is 10.1. The highest BCUT2D eigenvalue weighted by molar-refractivity contribution is 5.85. The molecule has 1 N–H and O–H groups in total. The molecule has 0 spiro atoms. The molecule has 128 valence electrons. The Labute approximate surface area is 135 Å². The van der Waals surface area contributed by atoms with E-state index in [1.54, 1.807) is 4.90 Å². The predicted octanol–water partition coefficient (Wildman–Crippen LogP) is 3.22. The summed E-state index contributed by atoms with van der Waals surface area (Å²) in [7, 11) is 0. The molecule has 2 rings (SSSR count). The number of ether oxygens (including phenoxy) is 1. The minimum atomic E-state index is -1.12. The molecule has 0 radical (unpaired) electrons. The minimum Gasteiger partial charge on any atom is -0.475 e. The summed E-state index contributed by atoms with van der Waals surface area (Å²) in [5.41, 5.74) is -0.0948. The molecule has 0 saturated carbocycles. The van der Waals surface area contributed by atoms with E-state index >= 15 is 0 Å². The summed E-state index contributed by atoms with van der Waals surface area (Å²) in [5.74, 6) is -0.979. The Bertz CT molecular complexity index is 600. The highest BCUT2D eigenvalue weighted by Crippen LogP contribution is 2.31. The molecule has 0 aliphatic carbocycles. The van der Waals surface area contributed by atoms with Crippen molar-refractivity contribution in [2.45, 2.75) is 58.5 Å². The number of carbonyl (C=O) groups excluding carboxylic acids is 1. The second kappa shape index (κ2) is 6.22. The first kappa shape index (κ1) is 17.3. The van der Waals surface area contributed by atoms with E-state index < -0.39 is 11.6 Å². The Morgan fingerprint density at radius 1 is 1.39 bits per heavy atom. The Kier molecular flexibility index (Phi) is 4.68. The fourth-order valence-corrected chi connectivity index (χ4v) is 2.52. The van der Waals surface area contributed by atoms with Crippen molar-refractivity contribution >= 4 is 12.1 Å². The molecule has 1 aliphatic heterocycles. The number of aromatic nitrogens is 1. The number of hydrogen-bond donors (Lipinski definition) is 1. The van der Waals surface area contributed by atoms with Crippen molar-refractivity contribution in [3.05, 3.63) is 17.3 Å². The Morgan fingerprint density at radius 2 is 2.04 bits per heavy atom. The van der Waals surface area contributed by atoms with Crippen LogP contribution in [0, 0.1) is 0 Å². The zero-order valence-electron chi connectivity index (χ0n) is 14.3. The van der Waals surface area contributed by atoms with Crippen LogP contribution in [-0.2, 0) is 4.74 Å². The van der Waals surface area contributed by atoms with Crippen LogP contribution in [0.3, 0.4) is 0 Å². The van der Waals surface area contributed by atoms with E-state index in [9.17, 15) is 14.7 Å². The number of nitrogens with zero attached hydrogens (tertiary/aromatic N) is 2. The van der Waals surface area contributed by atoms with Gasteiger partial charge in [0, 0.05) is 13.1 Å². The monoisotopic (exact) mass is 324 g/mol. The number of likely N-dealkylation sites (tertiary alicyclic amines) is 1. The molecule has 1 atom stereocenters. The van der Waals surface area contributed by atoms with Gasteiger partial charge in [0.25, 0.3) is 0 Å². The zero-order chi connectivity index (χ0) is 17.4. The number of rotatable bonds is 3. The largest absolute Gasteiger partial charge is 0.475 e. The molecule has 1 aliphatic rings. The van der Waals surface area contributed by atoms with Crippen molar-refractivity contribution in [2.24, 2.45) is 0 Å². The lowest BCUT2D eigenvalue weighted by molar-refractivity contribution is 0.0291. The average molecular weight is 324 g/mol. The molecule has 1 amide bonds. The normalized spacial score (nSPS) is 18.5. The standard InChI is InChI=1S/C16H24N2O5/c1-9(2)11-12(14(19)20)22-13(17-11)10-6-7-18(8-10)15(21)23-16(3,4)5/h9-10H,6-8H2,1-5H3,(H,19,20). The zero-order valence-corrected chi connectivity index (χ0v) is 14.3. The van der Waals surface area contributed by atoms with Gasteiger partial charge in [-0.25, -0.2) is 14.6 Å². The Hall–Kier alpha value is -2.05. The summed E-state index contributed by atoms with van der Waals surface area (Å²) in [6.07, 6.45) is 0.310. The number of amides is 1. The maximum absolute atomic E-state index is 12.1. The second-order valence-electron chi connectivity index (χ2n) is 7.14. The van der Waals surface area contributed by atoms with Gasteiger partial charge in [0.05, 0.1) is 11.6 Å². The minimum absolute atomic E-state index is 0.0399. The van der Waals surface area contributed by atoms with Gasteiger partial charge in [0.2, 0.25) is 11.7 Å². The highest BCUT2D eigenvalue weighted by atomic mass is 16.6. The van der Waals surface area contributed by atoms with Gasteiger partial charge in [-0.15, -0.1) is 0 Å². The van der Waals surface area contributed by atoms with E-state index in [2.05, 4.69) is 4.98 Å². The molecule has 1 fully saturated rings. The lowest BCUT2D eigenvalue weighted by Crippen LogP contribution is -2.35. The van der Waals surface area contributed by atoms with Crippen molar-refractivity contribution in [1.82, 2.24) is 9.88 Å². The fraction of sp³-hybridized carbons (Fsp3) is 0.688. The number of hydrogen-bond acceptors (Lipinski definition) is 5. The van der Waals surface area contributed by atoms with Gasteiger partial charge in [0.15, 0.2) is 0 Å². The second-order valence-corrected chi connectivity index (χ2v) is 7.14. The average Bonchev–Trinajstić information content (AvgIpc) is 3.03. The SMILES string of the molecule is CC(C)c1nc(C2CCN(C(=O)OC(C)(C)C)C2)oc1C(=O)O. The van der Waals surface area contributed by atoms with Crippen molar-refractivity contribution in [1.29, 1.82) is 0 Å². The maximum Gasteiger partial charge on any atom is 0.410 e. The summed E-state index contributed by atoms with van der Waals surface area (Å²) >= 11 is 0. The van der Waals surface area contributed by atoms with E-state index in [0.29, 0.717) is 31.1 Å². The molecule has 7 nitrogen and oxygen atoms in total. The number of carbonyl (C=O) groups is 2. The molecule has 23 heavy (non-hydrogen) atoms. The van der Waals surface area contributed by atoms with Crippen LogP contribution in [0.2, 0.25) is 0 Å². The molecule has 1 aromatic rings. The Morgan fingerprint density at radius 3 is 2.52 bits per heavy atom. The third-order valence-corrected chi connectivity index (χ3v) is 3.60. The van der Waals surface area contributed by atoms with Crippen LogP contribution in [0.1, 0.15) is 75.0 Å². The first-order valence-electron chi connectivity index (χ1n) is 7.80. The number of carboxylic acid groups (broad SMARTS) is 1. The van der Waals surface area contributed by atoms with Crippen LogP contribution in [0.15, 0.2) is 4.42 Å². The van der Waals surface area contributed by atoms with E-state index in [-0.39, 0.29) is 23.7 Å². The lowest BCUT2D eigenvalue weighted by Gasteiger charge is -2.24. The van der Waals surface area contributed by atoms with Gasteiger partial charge in [0.1, 0.15) is 5.60 Å². The van der Waals surface area contributed by atoms with Crippen LogP contribution in [0.25, 0.3) is 0 Å². The molecule has 1 unspecified atom stereocenters. The molecular weight excluding hydrogens is 300 g/mol. The topological polar surface area (TPSA) is 92.9 Å². The number of oxazole rings is 1. The predicted molar refractivity (Wildman–Crippen MR) is 82.7 cm³/mol. The summed E-state index contributed by atoms with van der Waals surface area (Å²) < 4.78 is 10.8. The van der Waals surface area contributed by atoms with E-state index in [0.717, 1.165) is 0 Å². The van der Waals surface area contributed by atoms with E-state index in [1.807, 2.05) is 34.6 Å². The van der Waals surface area contributed by atoms with Gasteiger partial charge in [-0.3, -0.25) is 0 Å². The quantitative estimate of drug-likeness (QED) is 0.917. The van der Waals surface area contributed by atoms with Crippen molar-refractivity contribution in [3.63, 3.8) is 0 Å². The van der Waals surface area contributed by atoms with Gasteiger partial charge < -0.3 is 19.2 Å². The van der Waals surface area contributed by atoms with Gasteiger partial charge in [-0.1, -0.05) is 13.8 Å². The molecule has 0 bridgehead atoms. The third kappa shape index (κ3) is 4.03. The van der Waals surface area contributed by atoms with Crippen LogP contribution in [0.5, 0.6) is 0 Å². The number of aromatic carboxylic acids is 1. The summed E-state index contributed by atoms with van der Waals surface area (Å²) in [6, 6.07) is 0. The first-order valence-corrected chi connectivity index (χ1v) is 7.80. The van der Waals surface area contributed by atoms with Gasteiger partial charge in [-0.05, 0) is 33.1 Å². The molecule has 2 heterocycles. The van der Waals surface area contributed by atoms with Crippen LogP contribution in [0.4, 0.5) is 4.79 Å². The van der Waals surface area contributed by atoms with Crippen molar-refractivity contribution in [3.8, 4) is 0 Å². The van der Waals surface area contributed by atoms with Crippen LogP contribution < -0.4 is 0 Å². The maximum atomic E-state index is 12.1. The molecule has 0 aromatic carbocycles. The smallest absolute Gasteiger partial charge is 0.410 e. The van der Waals surface area contributed by atoms with Crippen LogP contribution >= 0.6 is 0 Å². The van der Waals surface area contributed by atoms with Gasteiger partial charge >= 0.3 is 12.1 Å². The fourth-order valence-electron chi connectivity index (χ4n) is 2.52. The highest BCUT2D eigenvalue weighted by Gasteiger charge is 2.34. The van der Waals surface area contributed by atoms with Crippen molar-refractivity contribution in [2.75, 3.05) is 13.1 Å². The van der Waals surface area contributed by atoms with Crippen LogP contribution in [-0.4, -0.2) is 45.7 Å². The summed E-state index contributed by atoms with van der Waals surface area (Å²) in [6.45, 7) is 10.2. The third-order valence-electron chi connectivity index (χ3n) is 3.60.